The van der Waals surface area contributed by atoms with E-state index in [0.717, 1.165) is 11.3 Å². The van der Waals surface area contributed by atoms with E-state index < -0.39 is 5.41 Å². The molecule has 1 aromatic carbocycles. The van der Waals surface area contributed by atoms with Gasteiger partial charge in [-0.3, -0.25) is 14.3 Å². The van der Waals surface area contributed by atoms with Crippen LogP contribution in [0, 0.1) is 0 Å². The Morgan fingerprint density at radius 2 is 1.96 bits per heavy atom. The molecule has 0 saturated carbocycles. The number of likely N-dealkylation sites (tertiary alicyclic amines) is 1. The number of rotatable bonds is 3. The maximum absolute atomic E-state index is 12.9. The quantitative estimate of drug-likeness (QED) is 0.762. The van der Waals surface area contributed by atoms with Crippen molar-refractivity contribution in [1.29, 1.82) is 0 Å². The normalized spacial score (nSPS) is 17.6. The number of benzene rings is 1. The summed E-state index contributed by atoms with van der Waals surface area (Å²) in [5.41, 5.74) is 1.41. The van der Waals surface area contributed by atoms with Crippen molar-refractivity contribution >= 4 is 17.5 Å². The van der Waals surface area contributed by atoms with Crippen LogP contribution in [0.5, 0.6) is 0 Å². The molecule has 2 aliphatic heterocycles. The summed E-state index contributed by atoms with van der Waals surface area (Å²) in [7, 11) is 0. The van der Waals surface area contributed by atoms with Crippen LogP contribution in [-0.2, 0) is 16.8 Å². The van der Waals surface area contributed by atoms with Crippen molar-refractivity contribution in [2.45, 2.75) is 24.8 Å². The molecule has 28 heavy (non-hydrogen) atoms. The molecule has 2 aromatic heterocycles. The van der Waals surface area contributed by atoms with Crippen molar-refractivity contribution in [3.8, 4) is 0 Å². The molecule has 5 rings (SSSR count). The van der Waals surface area contributed by atoms with Gasteiger partial charge in [0.15, 0.2) is 5.76 Å². The number of nitrogens with one attached hydrogen (secondary N) is 1. The lowest BCUT2D eigenvalue weighted by molar-refractivity contribution is -0.122. The van der Waals surface area contributed by atoms with E-state index >= 15 is 0 Å². The minimum absolute atomic E-state index is 0.0420. The summed E-state index contributed by atoms with van der Waals surface area (Å²) in [6.07, 6.45) is 4.78. The lowest BCUT2D eigenvalue weighted by atomic mass is 9.73. The standard InChI is InChI=1S/C21H20N4O3/c26-19(18-7-6-15(28-18)14-25-11-3-10-22-25)24-12-8-21(9-13-24)16-4-1-2-5-17(16)23-20(21)27/h1-7,10-11H,8-9,12-14H2,(H,23,27). The molecule has 0 unspecified atom stereocenters. The van der Waals surface area contributed by atoms with Crippen LogP contribution in [0.2, 0.25) is 0 Å². The van der Waals surface area contributed by atoms with Gasteiger partial charge in [0, 0.05) is 31.2 Å². The van der Waals surface area contributed by atoms with Gasteiger partial charge in [0.25, 0.3) is 5.91 Å². The Morgan fingerprint density at radius 1 is 1.14 bits per heavy atom. The van der Waals surface area contributed by atoms with Crippen LogP contribution in [0.1, 0.15) is 34.7 Å². The number of amides is 2. The fourth-order valence-electron chi connectivity index (χ4n) is 4.25. The van der Waals surface area contributed by atoms with Crippen LogP contribution >= 0.6 is 0 Å². The summed E-state index contributed by atoms with van der Waals surface area (Å²) in [6.45, 7) is 1.53. The van der Waals surface area contributed by atoms with Gasteiger partial charge in [-0.2, -0.15) is 5.10 Å². The first kappa shape index (κ1) is 16.8. The molecule has 1 saturated heterocycles. The van der Waals surface area contributed by atoms with E-state index in [4.69, 9.17) is 4.42 Å². The average Bonchev–Trinajstić information content (AvgIpc) is 3.45. The van der Waals surface area contributed by atoms with Crippen LogP contribution in [0.15, 0.2) is 59.3 Å². The first-order valence-electron chi connectivity index (χ1n) is 9.42. The SMILES string of the molecule is O=C(c1ccc(Cn2cccn2)o1)N1CCC2(CC1)C(=O)Nc1ccccc12. The third-order valence-corrected chi connectivity index (χ3v) is 5.78. The lowest BCUT2D eigenvalue weighted by Crippen LogP contribution is -2.48. The van der Waals surface area contributed by atoms with Gasteiger partial charge in [0.1, 0.15) is 5.76 Å². The highest BCUT2D eigenvalue weighted by Gasteiger charge is 2.48. The second kappa shape index (κ2) is 6.37. The molecule has 3 aromatic rings. The number of anilines is 1. The van der Waals surface area contributed by atoms with Gasteiger partial charge in [-0.05, 0) is 42.7 Å². The highest BCUT2D eigenvalue weighted by atomic mass is 16.4. The van der Waals surface area contributed by atoms with E-state index in [1.54, 1.807) is 27.9 Å². The molecule has 7 heteroatoms. The fourth-order valence-corrected chi connectivity index (χ4v) is 4.25. The third-order valence-electron chi connectivity index (χ3n) is 5.78. The van der Waals surface area contributed by atoms with Gasteiger partial charge in [-0.25, -0.2) is 0 Å². The Kier molecular flexibility index (Phi) is 3.82. The maximum atomic E-state index is 12.9. The molecule has 0 bridgehead atoms. The van der Waals surface area contributed by atoms with Crippen molar-refractivity contribution in [1.82, 2.24) is 14.7 Å². The molecule has 2 aliphatic rings. The van der Waals surface area contributed by atoms with Crippen LogP contribution in [0.4, 0.5) is 5.69 Å². The van der Waals surface area contributed by atoms with Gasteiger partial charge >= 0.3 is 0 Å². The molecular formula is C21H20N4O3. The zero-order valence-electron chi connectivity index (χ0n) is 15.3. The number of aromatic nitrogens is 2. The molecule has 142 valence electrons. The summed E-state index contributed by atoms with van der Waals surface area (Å²) in [4.78, 5) is 27.3. The van der Waals surface area contributed by atoms with Gasteiger partial charge in [-0.1, -0.05) is 18.2 Å². The van der Waals surface area contributed by atoms with Crippen LogP contribution < -0.4 is 5.32 Å². The van der Waals surface area contributed by atoms with E-state index in [-0.39, 0.29) is 11.8 Å². The first-order chi connectivity index (χ1) is 13.7. The van der Waals surface area contributed by atoms with Crippen molar-refractivity contribution in [3.63, 3.8) is 0 Å². The van der Waals surface area contributed by atoms with Gasteiger partial charge in [0.2, 0.25) is 5.91 Å². The molecule has 1 N–H and O–H groups in total. The minimum atomic E-state index is -0.526. The number of para-hydroxylation sites is 1. The van der Waals surface area contributed by atoms with Gasteiger partial charge < -0.3 is 14.6 Å². The number of fused-ring (bicyclic) bond motifs is 2. The predicted molar refractivity (Wildman–Crippen MR) is 102 cm³/mol. The highest BCUT2D eigenvalue weighted by molar-refractivity contribution is 6.06. The number of piperidine rings is 1. The van der Waals surface area contributed by atoms with Gasteiger partial charge in [-0.15, -0.1) is 0 Å². The number of furan rings is 1. The lowest BCUT2D eigenvalue weighted by Gasteiger charge is -2.37. The minimum Gasteiger partial charge on any atom is -0.454 e. The highest BCUT2D eigenvalue weighted by Crippen LogP contribution is 2.44. The van der Waals surface area contributed by atoms with E-state index in [1.165, 1.54) is 0 Å². The molecule has 0 aliphatic carbocycles. The molecule has 7 nitrogen and oxygen atoms in total. The molecule has 0 atom stereocenters. The Bertz CT molecular complexity index is 1030. The predicted octanol–water partition coefficient (Wildman–Crippen LogP) is 2.65. The molecule has 1 spiro atoms. The largest absolute Gasteiger partial charge is 0.454 e. The van der Waals surface area contributed by atoms with Crippen molar-refractivity contribution < 1.29 is 14.0 Å². The topological polar surface area (TPSA) is 80.4 Å². The van der Waals surface area contributed by atoms with Crippen LogP contribution in [-0.4, -0.2) is 39.6 Å². The summed E-state index contributed by atoms with van der Waals surface area (Å²) in [5.74, 6) is 0.924. The van der Waals surface area contributed by atoms with Crippen LogP contribution in [0.3, 0.4) is 0 Å². The molecular weight excluding hydrogens is 356 g/mol. The number of nitrogens with zero attached hydrogens (tertiary/aromatic N) is 3. The zero-order valence-corrected chi connectivity index (χ0v) is 15.3. The van der Waals surface area contributed by atoms with E-state index in [2.05, 4.69) is 10.4 Å². The monoisotopic (exact) mass is 376 g/mol. The van der Waals surface area contributed by atoms with Gasteiger partial charge in [0.05, 0.1) is 12.0 Å². The van der Waals surface area contributed by atoms with E-state index in [1.807, 2.05) is 36.5 Å². The molecule has 1 fully saturated rings. The van der Waals surface area contributed by atoms with Crippen molar-refractivity contribution in [2.24, 2.45) is 0 Å². The molecule has 4 heterocycles. The Labute approximate surface area is 161 Å². The van der Waals surface area contributed by atoms with Crippen molar-refractivity contribution in [3.05, 3.63) is 71.9 Å². The summed E-state index contributed by atoms with van der Waals surface area (Å²) >= 11 is 0. The number of hydrogen-bond acceptors (Lipinski definition) is 4. The Morgan fingerprint density at radius 3 is 2.75 bits per heavy atom. The Hall–Kier alpha value is -3.35. The smallest absolute Gasteiger partial charge is 0.289 e. The van der Waals surface area contributed by atoms with Crippen LogP contribution in [0.25, 0.3) is 0 Å². The fraction of sp³-hybridized carbons (Fsp3) is 0.286. The molecule has 2 amide bonds. The van der Waals surface area contributed by atoms with E-state index in [0.29, 0.717) is 44.0 Å². The number of hydrogen-bond donors (Lipinski definition) is 1. The maximum Gasteiger partial charge on any atom is 0.289 e. The summed E-state index contributed by atoms with van der Waals surface area (Å²) in [5, 5.41) is 7.13. The number of carbonyl (C=O) groups excluding carboxylic acids is 2. The number of carbonyl (C=O) groups is 2. The summed E-state index contributed by atoms with van der Waals surface area (Å²) < 4.78 is 7.48. The first-order valence-corrected chi connectivity index (χ1v) is 9.42. The average molecular weight is 376 g/mol. The second-order valence-corrected chi connectivity index (χ2v) is 7.34. The van der Waals surface area contributed by atoms with Crippen molar-refractivity contribution in [2.75, 3.05) is 18.4 Å². The van der Waals surface area contributed by atoms with E-state index in [9.17, 15) is 9.59 Å². The Balaban J connectivity index is 1.29. The summed E-state index contributed by atoms with van der Waals surface area (Å²) in [6, 6.07) is 13.2. The molecule has 0 radical (unpaired) electrons. The third kappa shape index (κ3) is 2.62. The second-order valence-electron chi connectivity index (χ2n) is 7.34. The zero-order chi connectivity index (χ0) is 19.1.